The van der Waals surface area contributed by atoms with Crippen molar-refractivity contribution in [1.29, 1.82) is 0 Å². The lowest BCUT2D eigenvalue weighted by molar-refractivity contribution is 0.925. The zero-order chi connectivity index (χ0) is 11.5. The Morgan fingerprint density at radius 1 is 1.19 bits per heavy atom. The van der Waals surface area contributed by atoms with Crippen molar-refractivity contribution in [2.45, 2.75) is 4.90 Å². The molecule has 0 aliphatic carbocycles. The molecule has 0 atom stereocenters. The second-order valence-electron chi connectivity index (χ2n) is 3.38. The largest absolute Gasteiger partial charge is 0.357 e. The summed E-state index contributed by atoms with van der Waals surface area (Å²) in [7, 11) is 3.79. The first-order valence-corrected chi connectivity index (χ1v) is 6.20. The van der Waals surface area contributed by atoms with Gasteiger partial charge in [0, 0.05) is 24.6 Å². The van der Waals surface area contributed by atoms with Crippen LogP contribution < -0.4 is 5.32 Å². The van der Waals surface area contributed by atoms with Gasteiger partial charge in [-0.15, -0.1) is 22.0 Å². The molecule has 0 saturated carbocycles. The van der Waals surface area contributed by atoms with Gasteiger partial charge < -0.3 is 5.32 Å². The summed E-state index contributed by atoms with van der Waals surface area (Å²) in [5, 5.41) is 11.2. The molecule has 16 heavy (non-hydrogen) atoms. The summed E-state index contributed by atoms with van der Waals surface area (Å²) < 4.78 is 1.94. The van der Waals surface area contributed by atoms with E-state index in [4.69, 9.17) is 0 Å². The molecular formula is C11H14N4S. The Labute approximate surface area is 99.1 Å². The Kier molecular flexibility index (Phi) is 3.14. The van der Waals surface area contributed by atoms with E-state index in [0.29, 0.717) is 0 Å². The first kappa shape index (κ1) is 11.0. The molecule has 0 saturated heterocycles. The number of hydrogen-bond donors (Lipinski definition) is 1. The summed E-state index contributed by atoms with van der Waals surface area (Å²) in [6.45, 7) is 0. The lowest BCUT2D eigenvalue weighted by atomic mass is 10.2. The molecule has 4 nitrogen and oxygen atoms in total. The fraction of sp³-hybridized carbons (Fsp3) is 0.273. The van der Waals surface area contributed by atoms with Crippen molar-refractivity contribution in [2.24, 2.45) is 7.05 Å². The second-order valence-corrected chi connectivity index (χ2v) is 4.26. The van der Waals surface area contributed by atoms with Crippen LogP contribution in [0.5, 0.6) is 0 Å². The fourth-order valence-corrected chi connectivity index (χ4v) is 1.95. The quantitative estimate of drug-likeness (QED) is 0.827. The third-order valence-electron chi connectivity index (χ3n) is 2.45. The Morgan fingerprint density at radius 3 is 2.38 bits per heavy atom. The highest BCUT2D eigenvalue weighted by molar-refractivity contribution is 7.98. The van der Waals surface area contributed by atoms with Crippen LogP contribution in [-0.2, 0) is 7.05 Å². The van der Waals surface area contributed by atoms with Crippen molar-refractivity contribution >= 4 is 17.7 Å². The SMILES string of the molecule is CNc1nnc(-c2ccc(SC)cc2)n1C. The molecule has 2 aromatic rings. The number of anilines is 1. The maximum absolute atomic E-state index is 4.16. The Bertz CT molecular complexity index is 475. The van der Waals surface area contributed by atoms with Crippen molar-refractivity contribution in [2.75, 3.05) is 18.6 Å². The number of nitrogens with one attached hydrogen (secondary N) is 1. The highest BCUT2D eigenvalue weighted by Crippen LogP contribution is 2.22. The van der Waals surface area contributed by atoms with Crippen LogP contribution >= 0.6 is 11.8 Å². The Morgan fingerprint density at radius 2 is 1.88 bits per heavy atom. The molecule has 1 heterocycles. The van der Waals surface area contributed by atoms with E-state index in [1.54, 1.807) is 11.8 Å². The van der Waals surface area contributed by atoms with E-state index in [-0.39, 0.29) is 0 Å². The van der Waals surface area contributed by atoms with E-state index in [0.717, 1.165) is 17.3 Å². The highest BCUT2D eigenvalue weighted by Gasteiger charge is 2.08. The zero-order valence-corrected chi connectivity index (χ0v) is 10.4. The van der Waals surface area contributed by atoms with E-state index in [1.165, 1.54) is 4.90 Å². The normalized spacial score (nSPS) is 10.4. The Balaban J connectivity index is 2.38. The van der Waals surface area contributed by atoms with Gasteiger partial charge in [0.15, 0.2) is 5.82 Å². The number of rotatable bonds is 3. The predicted octanol–water partition coefficient (Wildman–Crippen LogP) is 2.25. The monoisotopic (exact) mass is 234 g/mol. The molecule has 0 bridgehead atoms. The van der Waals surface area contributed by atoms with Crippen molar-refractivity contribution in [3.63, 3.8) is 0 Å². The van der Waals surface area contributed by atoms with Gasteiger partial charge in [-0.05, 0) is 18.4 Å². The lowest BCUT2D eigenvalue weighted by Gasteiger charge is -2.03. The van der Waals surface area contributed by atoms with Crippen molar-refractivity contribution in [3.05, 3.63) is 24.3 Å². The van der Waals surface area contributed by atoms with Gasteiger partial charge in [-0.1, -0.05) is 12.1 Å². The van der Waals surface area contributed by atoms with Crippen LogP contribution in [0.25, 0.3) is 11.4 Å². The summed E-state index contributed by atoms with van der Waals surface area (Å²) >= 11 is 1.73. The van der Waals surface area contributed by atoms with Crippen LogP contribution in [0.15, 0.2) is 29.2 Å². The molecule has 2 rings (SSSR count). The topological polar surface area (TPSA) is 42.7 Å². The average molecular weight is 234 g/mol. The van der Waals surface area contributed by atoms with Crippen LogP contribution in [0.3, 0.4) is 0 Å². The molecule has 0 aliphatic rings. The average Bonchev–Trinajstić information content (AvgIpc) is 2.70. The fourth-order valence-electron chi connectivity index (χ4n) is 1.54. The standard InChI is InChI=1S/C11H14N4S/c1-12-11-14-13-10(15(11)2)8-4-6-9(16-3)7-5-8/h4-7H,1-3H3,(H,12,14). The number of benzene rings is 1. The van der Waals surface area contributed by atoms with E-state index in [2.05, 4.69) is 46.0 Å². The molecule has 1 aromatic heterocycles. The third kappa shape index (κ3) is 1.90. The van der Waals surface area contributed by atoms with Gasteiger partial charge in [-0.3, -0.25) is 4.57 Å². The van der Waals surface area contributed by atoms with Gasteiger partial charge in [0.05, 0.1) is 0 Å². The molecule has 0 amide bonds. The molecule has 0 radical (unpaired) electrons. The molecular weight excluding hydrogens is 220 g/mol. The van der Waals surface area contributed by atoms with Crippen LogP contribution in [0.4, 0.5) is 5.95 Å². The molecule has 5 heteroatoms. The Hall–Kier alpha value is -1.49. The molecule has 0 aliphatic heterocycles. The van der Waals surface area contributed by atoms with Gasteiger partial charge in [-0.2, -0.15) is 0 Å². The van der Waals surface area contributed by atoms with E-state index in [1.807, 2.05) is 18.7 Å². The number of thioether (sulfide) groups is 1. The van der Waals surface area contributed by atoms with E-state index < -0.39 is 0 Å². The van der Waals surface area contributed by atoms with Crippen molar-refractivity contribution in [1.82, 2.24) is 14.8 Å². The van der Waals surface area contributed by atoms with Crippen LogP contribution in [0.1, 0.15) is 0 Å². The summed E-state index contributed by atoms with van der Waals surface area (Å²) in [5.74, 6) is 1.64. The van der Waals surface area contributed by atoms with Crippen molar-refractivity contribution in [3.8, 4) is 11.4 Å². The maximum atomic E-state index is 4.16. The molecule has 1 N–H and O–H groups in total. The van der Waals surface area contributed by atoms with Crippen LogP contribution in [-0.4, -0.2) is 28.1 Å². The molecule has 84 valence electrons. The minimum absolute atomic E-state index is 0.768. The smallest absolute Gasteiger partial charge is 0.224 e. The van der Waals surface area contributed by atoms with Gasteiger partial charge in [0.1, 0.15) is 0 Å². The number of nitrogens with zero attached hydrogens (tertiary/aromatic N) is 3. The lowest BCUT2D eigenvalue weighted by Crippen LogP contribution is -1.99. The highest BCUT2D eigenvalue weighted by atomic mass is 32.2. The van der Waals surface area contributed by atoms with Crippen LogP contribution in [0, 0.1) is 0 Å². The number of aromatic nitrogens is 3. The molecule has 0 fully saturated rings. The minimum atomic E-state index is 0.768. The minimum Gasteiger partial charge on any atom is -0.357 e. The molecule has 0 unspecified atom stereocenters. The van der Waals surface area contributed by atoms with Gasteiger partial charge >= 0.3 is 0 Å². The third-order valence-corrected chi connectivity index (χ3v) is 3.19. The second kappa shape index (κ2) is 4.57. The van der Waals surface area contributed by atoms with Gasteiger partial charge in [-0.25, -0.2) is 0 Å². The summed E-state index contributed by atoms with van der Waals surface area (Å²) in [5.41, 5.74) is 1.08. The van der Waals surface area contributed by atoms with Gasteiger partial charge in [0.2, 0.25) is 5.95 Å². The maximum Gasteiger partial charge on any atom is 0.224 e. The molecule has 0 spiro atoms. The van der Waals surface area contributed by atoms with E-state index >= 15 is 0 Å². The zero-order valence-electron chi connectivity index (χ0n) is 9.56. The number of hydrogen-bond acceptors (Lipinski definition) is 4. The summed E-state index contributed by atoms with van der Waals surface area (Å²) in [4.78, 5) is 1.25. The van der Waals surface area contributed by atoms with Crippen molar-refractivity contribution < 1.29 is 0 Å². The summed E-state index contributed by atoms with van der Waals surface area (Å²) in [6.07, 6.45) is 2.07. The van der Waals surface area contributed by atoms with E-state index in [9.17, 15) is 0 Å². The first-order chi connectivity index (χ1) is 7.76. The summed E-state index contributed by atoms with van der Waals surface area (Å²) in [6, 6.07) is 8.31. The van der Waals surface area contributed by atoms with Gasteiger partial charge in [0.25, 0.3) is 0 Å². The first-order valence-electron chi connectivity index (χ1n) is 4.98. The predicted molar refractivity (Wildman–Crippen MR) is 67.8 cm³/mol. The van der Waals surface area contributed by atoms with Crippen LogP contribution in [0.2, 0.25) is 0 Å². The molecule has 1 aromatic carbocycles.